The smallest absolute Gasteiger partial charge is 0.234 e. The molecule has 2 N–H and O–H groups in total. The van der Waals surface area contributed by atoms with Crippen molar-refractivity contribution in [2.75, 3.05) is 39.3 Å². The molecule has 1 heterocycles. The Kier molecular flexibility index (Phi) is 9.14. The fourth-order valence-electron chi connectivity index (χ4n) is 3.82. The number of hydrogen-bond donors (Lipinski definition) is 2. The maximum Gasteiger partial charge on any atom is 0.234 e. The molecule has 0 atom stereocenters. The maximum absolute atomic E-state index is 13.2. The lowest BCUT2D eigenvalue weighted by molar-refractivity contribution is -0.122. The highest BCUT2D eigenvalue weighted by atomic mass is 35.5. The number of carbonyl (C=O) groups is 1. The zero-order valence-corrected chi connectivity index (χ0v) is 16.1. The Morgan fingerprint density at radius 2 is 1.72 bits per heavy atom. The number of halogens is 3. The summed E-state index contributed by atoms with van der Waals surface area (Å²) in [5, 5.41) is 6.42. The summed E-state index contributed by atoms with van der Waals surface area (Å²) in [4.78, 5) is 14.4. The van der Waals surface area contributed by atoms with E-state index in [0.29, 0.717) is 13.1 Å². The van der Waals surface area contributed by atoms with Crippen molar-refractivity contribution in [3.05, 3.63) is 35.6 Å². The van der Waals surface area contributed by atoms with Gasteiger partial charge in [0.15, 0.2) is 0 Å². The summed E-state index contributed by atoms with van der Waals surface area (Å²) in [6.45, 7) is 4.89. The molecule has 142 valence electrons. The first-order valence-electron chi connectivity index (χ1n) is 8.64. The highest BCUT2D eigenvalue weighted by Gasteiger charge is 2.36. The van der Waals surface area contributed by atoms with Crippen molar-refractivity contribution in [1.82, 2.24) is 15.5 Å². The Labute approximate surface area is 161 Å². The van der Waals surface area contributed by atoms with Crippen LogP contribution in [-0.2, 0) is 10.2 Å². The van der Waals surface area contributed by atoms with Gasteiger partial charge in [-0.15, -0.1) is 24.8 Å². The minimum Gasteiger partial charge on any atom is -0.354 e. The molecule has 1 aliphatic heterocycles. The van der Waals surface area contributed by atoms with Crippen LogP contribution in [-0.4, -0.2) is 50.1 Å². The van der Waals surface area contributed by atoms with Gasteiger partial charge in [0.25, 0.3) is 0 Å². The van der Waals surface area contributed by atoms with Crippen LogP contribution in [0.2, 0.25) is 0 Å². The SMILES string of the molecule is Cl.Cl.O=C(CN1CCNCC1)NCC1(c2ccc(F)cc2)CCCC1. The van der Waals surface area contributed by atoms with Crippen molar-refractivity contribution in [1.29, 1.82) is 0 Å². The lowest BCUT2D eigenvalue weighted by atomic mass is 9.79. The van der Waals surface area contributed by atoms with Crippen molar-refractivity contribution in [2.24, 2.45) is 0 Å². The first-order chi connectivity index (χ1) is 11.2. The molecule has 0 spiro atoms. The summed E-state index contributed by atoms with van der Waals surface area (Å²) in [5.74, 6) is -0.107. The predicted octanol–water partition coefficient (Wildman–Crippen LogP) is 2.50. The molecule has 0 unspecified atom stereocenters. The standard InChI is InChI=1S/C18H26FN3O.2ClH/c19-16-5-3-15(4-6-16)18(7-1-2-8-18)14-21-17(23)13-22-11-9-20-10-12-22;;/h3-6,20H,1-2,7-14H2,(H,21,23);2*1H. The summed E-state index contributed by atoms with van der Waals surface area (Å²) >= 11 is 0. The summed E-state index contributed by atoms with van der Waals surface area (Å²) in [6, 6.07) is 6.81. The molecule has 3 rings (SSSR count). The average Bonchev–Trinajstić information content (AvgIpc) is 3.05. The highest BCUT2D eigenvalue weighted by Crippen LogP contribution is 2.40. The van der Waals surface area contributed by atoms with E-state index in [9.17, 15) is 9.18 Å². The number of amides is 1. The molecule has 1 aromatic rings. The van der Waals surface area contributed by atoms with Gasteiger partial charge < -0.3 is 10.6 Å². The molecule has 1 aromatic carbocycles. The Balaban J connectivity index is 0.00000156. The largest absolute Gasteiger partial charge is 0.354 e. The maximum atomic E-state index is 13.2. The van der Waals surface area contributed by atoms with Crippen LogP contribution in [0.1, 0.15) is 31.2 Å². The zero-order valence-electron chi connectivity index (χ0n) is 14.4. The quantitative estimate of drug-likeness (QED) is 0.810. The van der Waals surface area contributed by atoms with Gasteiger partial charge in [0.1, 0.15) is 5.82 Å². The van der Waals surface area contributed by atoms with Crippen molar-refractivity contribution in [3.8, 4) is 0 Å². The second-order valence-corrected chi connectivity index (χ2v) is 6.80. The first kappa shape index (κ1) is 22.2. The first-order valence-corrected chi connectivity index (χ1v) is 8.64. The van der Waals surface area contributed by atoms with E-state index in [1.54, 1.807) is 0 Å². The van der Waals surface area contributed by atoms with Gasteiger partial charge in [-0.3, -0.25) is 9.69 Å². The van der Waals surface area contributed by atoms with Gasteiger partial charge in [-0.1, -0.05) is 25.0 Å². The molecular weight excluding hydrogens is 364 g/mol. The number of nitrogens with one attached hydrogen (secondary N) is 2. The number of piperazine rings is 1. The lowest BCUT2D eigenvalue weighted by Gasteiger charge is -2.31. The van der Waals surface area contributed by atoms with E-state index in [0.717, 1.165) is 44.6 Å². The number of carbonyl (C=O) groups excluding carboxylic acids is 1. The van der Waals surface area contributed by atoms with Gasteiger partial charge in [-0.2, -0.15) is 0 Å². The zero-order chi connectivity index (χ0) is 16.1. The van der Waals surface area contributed by atoms with E-state index in [1.165, 1.54) is 25.0 Å². The Morgan fingerprint density at radius 3 is 2.32 bits per heavy atom. The Morgan fingerprint density at radius 1 is 1.12 bits per heavy atom. The van der Waals surface area contributed by atoms with Crippen LogP contribution in [0.4, 0.5) is 4.39 Å². The molecule has 1 aliphatic carbocycles. The van der Waals surface area contributed by atoms with Gasteiger partial charge in [-0.05, 0) is 30.5 Å². The average molecular weight is 392 g/mol. The number of benzene rings is 1. The second kappa shape index (κ2) is 10.3. The molecule has 7 heteroatoms. The van der Waals surface area contributed by atoms with Gasteiger partial charge in [0, 0.05) is 38.1 Å². The van der Waals surface area contributed by atoms with Crippen LogP contribution in [0.3, 0.4) is 0 Å². The van der Waals surface area contributed by atoms with Crippen LogP contribution in [0, 0.1) is 5.82 Å². The summed E-state index contributed by atoms with van der Waals surface area (Å²) in [5.41, 5.74) is 1.13. The van der Waals surface area contributed by atoms with Crippen molar-refractivity contribution < 1.29 is 9.18 Å². The fraction of sp³-hybridized carbons (Fsp3) is 0.611. The third kappa shape index (κ3) is 5.81. The second-order valence-electron chi connectivity index (χ2n) is 6.80. The number of hydrogen-bond acceptors (Lipinski definition) is 3. The van der Waals surface area contributed by atoms with Crippen LogP contribution in [0.25, 0.3) is 0 Å². The normalized spacial score (nSPS) is 19.6. The predicted molar refractivity (Wildman–Crippen MR) is 103 cm³/mol. The van der Waals surface area contributed by atoms with Crippen LogP contribution >= 0.6 is 24.8 Å². The van der Waals surface area contributed by atoms with Crippen molar-refractivity contribution in [2.45, 2.75) is 31.1 Å². The molecule has 2 fully saturated rings. The number of rotatable bonds is 5. The summed E-state index contributed by atoms with van der Waals surface area (Å²) in [6.07, 6.45) is 4.47. The topological polar surface area (TPSA) is 44.4 Å². The van der Waals surface area contributed by atoms with Crippen LogP contribution in [0.15, 0.2) is 24.3 Å². The van der Waals surface area contributed by atoms with Gasteiger partial charge in [-0.25, -0.2) is 4.39 Å². The van der Waals surface area contributed by atoms with E-state index in [2.05, 4.69) is 15.5 Å². The van der Waals surface area contributed by atoms with E-state index in [4.69, 9.17) is 0 Å². The van der Waals surface area contributed by atoms with Gasteiger partial charge >= 0.3 is 0 Å². The minimum atomic E-state index is -0.204. The molecule has 1 saturated carbocycles. The molecule has 0 aromatic heterocycles. The van der Waals surface area contributed by atoms with Gasteiger partial charge in [0.05, 0.1) is 6.54 Å². The Hall–Kier alpha value is -0.880. The van der Waals surface area contributed by atoms with E-state index >= 15 is 0 Å². The van der Waals surface area contributed by atoms with Crippen LogP contribution in [0.5, 0.6) is 0 Å². The number of nitrogens with zero attached hydrogens (tertiary/aromatic N) is 1. The molecule has 25 heavy (non-hydrogen) atoms. The molecule has 2 aliphatic rings. The van der Waals surface area contributed by atoms with E-state index in [-0.39, 0.29) is 42.0 Å². The van der Waals surface area contributed by atoms with E-state index < -0.39 is 0 Å². The van der Waals surface area contributed by atoms with Crippen molar-refractivity contribution >= 4 is 30.7 Å². The molecule has 1 saturated heterocycles. The highest BCUT2D eigenvalue weighted by molar-refractivity contribution is 5.85. The van der Waals surface area contributed by atoms with Crippen molar-refractivity contribution in [3.63, 3.8) is 0 Å². The lowest BCUT2D eigenvalue weighted by Crippen LogP contribution is -2.49. The Bertz CT molecular complexity index is 530. The molecule has 4 nitrogen and oxygen atoms in total. The third-order valence-electron chi connectivity index (χ3n) is 5.22. The summed E-state index contributed by atoms with van der Waals surface area (Å²) < 4.78 is 13.2. The molecular formula is C18H28Cl2FN3O. The summed E-state index contributed by atoms with van der Waals surface area (Å²) in [7, 11) is 0. The molecule has 1 amide bonds. The van der Waals surface area contributed by atoms with E-state index in [1.807, 2.05) is 12.1 Å². The third-order valence-corrected chi connectivity index (χ3v) is 5.22. The van der Waals surface area contributed by atoms with Gasteiger partial charge in [0.2, 0.25) is 5.91 Å². The monoisotopic (exact) mass is 391 g/mol. The molecule has 0 radical (unpaired) electrons. The molecule has 0 bridgehead atoms. The van der Waals surface area contributed by atoms with Crippen LogP contribution < -0.4 is 10.6 Å². The fourth-order valence-corrected chi connectivity index (χ4v) is 3.82. The minimum absolute atomic E-state index is 0.